The second kappa shape index (κ2) is 8.15. The minimum absolute atomic E-state index is 0.0880. The zero-order chi connectivity index (χ0) is 15.9. The third kappa shape index (κ3) is 4.71. The maximum absolute atomic E-state index is 12.2. The van der Waals surface area contributed by atoms with E-state index in [9.17, 15) is 19.5 Å². The van der Waals surface area contributed by atoms with Gasteiger partial charge >= 0.3 is 5.97 Å². The van der Waals surface area contributed by atoms with Crippen LogP contribution in [0.1, 0.15) is 57.8 Å². The van der Waals surface area contributed by atoms with Gasteiger partial charge in [-0.05, 0) is 38.0 Å². The highest BCUT2D eigenvalue weighted by Gasteiger charge is 2.31. The molecule has 2 rings (SSSR count). The van der Waals surface area contributed by atoms with Gasteiger partial charge in [0.25, 0.3) is 0 Å². The Hall–Kier alpha value is -1.59. The molecule has 2 fully saturated rings. The Labute approximate surface area is 131 Å². The third-order valence-electron chi connectivity index (χ3n) is 4.74. The van der Waals surface area contributed by atoms with Crippen LogP contribution in [-0.2, 0) is 14.4 Å². The predicted molar refractivity (Wildman–Crippen MR) is 81.2 cm³/mol. The Balaban J connectivity index is 1.75. The number of hydrogen-bond donors (Lipinski definition) is 2. The number of carbonyl (C=O) groups is 3. The molecule has 124 valence electrons. The summed E-state index contributed by atoms with van der Waals surface area (Å²) in [5.74, 6) is -0.902. The summed E-state index contributed by atoms with van der Waals surface area (Å²) in [5, 5.41) is 11.8. The van der Waals surface area contributed by atoms with Gasteiger partial charge in [-0.1, -0.05) is 19.3 Å². The molecule has 1 saturated carbocycles. The van der Waals surface area contributed by atoms with E-state index in [0.717, 1.165) is 25.7 Å². The number of piperidine rings is 1. The Morgan fingerprint density at radius 3 is 2.36 bits per heavy atom. The van der Waals surface area contributed by atoms with Gasteiger partial charge in [0.2, 0.25) is 11.8 Å². The number of carboxylic acids is 1. The second-order valence-electron chi connectivity index (χ2n) is 6.42. The number of carboxylic acid groups (broad SMARTS) is 1. The van der Waals surface area contributed by atoms with Crippen LogP contribution >= 0.6 is 0 Å². The Morgan fingerprint density at radius 2 is 1.68 bits per heavy atom. The van der Waals surface area contributed by atoms with E-state index in [1.165, 1.54) is 24.2 Å². The van der Waals surface area contributed by atoms with Crippen molar-refractivity contribution < 1.29 is 19.5 Å². The molecule has 0 aromatic heterocycles. The van der Waals surface area contributed by atoms with Gasteiger partial charge in [-0.3, -0.25) is 9.59 Å². The maximum atomic E-state index is 12.2. The molecule has 6 heteroatoms. The average molecular weight is 310 g/mol. The van der Waals surface area contributed by atoms with E-state index >= 15 is 0 Å². The fraction of sp³-hybridized carbons (Fsp3) is 0.812. The van der Waals surface area contributed by atoms with E-state index in [1.807, 2.05) is 0 Å². The van der Waals surface area contributed by atoms with Crippen LogP contribution in [0.3, 0.4) is 0 Å². The molecule has 0 aromatic rings. The van der Waals surface area contributed by atoms with E-state index in [2.05, 4.69) is 5.32 Å². The van der Waals surface area contributed by atoms with E-state index in [1.54, 1.807) is 0 Å². The van der Waals surface area contributed by atoms with Crippen molar-refractivity contribution in [2.24, 2.45) is 5.92 Å². The number of nitrogens with one attached hydrogen (secondary N) is 1. The standard InChI is InChI=1S/C16H26N2O4/c19-14(10-12-6-2-1-3-7-12)17-11-15(20)18-9-5-4-8-13(18)16(21)22/h12-13H,1-11H2,(H,17,19)(H,21,22)/t13-/m1/s1. The summed E-state index contributed by atoms with van der Waals surface area (Å²) < 4.78 is 0. The van der Waals surface area contributed by atoms with Crippen molar-refractivity contribution in [1.29, 1.82) is 0 Å². The SMILES string of the molecule is O=C(CC1CCCCC1)NCC(=O)N1CCCC[C@@H]1C(=O)O. The van der Waals surface area contributed by atoms with E-state index in [4.69, 9.17) is 0 Å². The van der Waals surface area contributed by atoms with Crippen molar-refractivity contribution in [3.8, 4) is 0 Å². The zero-order valence-corrected chi connectivity index (χ0v) is 13.1. The van der Waals surface area contributed by atoms with Crippen LogP contribution in [0.15, 0.2) is 0 Å². The summed E-state index contributed by atoms with van der Waals surface area (Å²) in [6.07, 6.45) is 8.44. The number of amides is 2. The van der Waals surface area contributed by atoms with Gasteiger partial charge in [0.15, 0.2) is 0 Å². The van der Waals surface area contributed by atoms with Crippen molar-refractivity contribution in [3.63, 3.8) is 0 Å². The van der Waals surface area contributed by atoms with E-state index < -0.39 is 12.0 Å². The quantitative estimate of drug-likeness (QED) is 0.806. The first-order valence-corrected chi connectivity index (χ1v) is 8.37. The number of nitrogens with zero attached hydrogens (tertiary/aromatic N) is 1. The van der Waals surface area contributed by atoms with Crippen molar-refractivity contribution in [2.75, 3.05) is 13.1 Å². The molecule has 6 nitrogen and oxygen atoms in total. The lowest BCUT2D eigenvalue weighted by molar-refractivity contribution is -0.151. The molecule has 1 atom stereocenters. The summed E-state index contributed by atoms with van der Waals surface area (Å²) in [6, 6.07) is -0.739. The van der Waals surface area contributed by atoms with Crippen LogP contribution in [0.4, 0.5) is 0 Å². The van der Waals surface area contributed by atoms with Crippen LogP contribution in [0, 0.1) is 5.92 Å². The topological polar surface area (TPSA) is 86.7 Å². The Kier molecular flexibility index (Phi) is 6.21. The summed E-state index contributed by atoms with van der Waals surface area (Å²) in [6.45, 7) is 0.379. The van der Waals surface area contributed by atoms with Crippen molar-refractivity contribution in [3.05, 3.63) is 0 Å². The normalized spacial score (nSPS) is 23.1. The van der Waals surface area contributed by atoms with Crippen LogP contribution in [-0.4, -0.2) is 46.9 Å². The molecule has 2 aliphatic rings. The minimum atomic E-state index is -0.957. The smallest absolute Gasteiger partial charge is 0.326 e. The molecule has 2 amide bonds. The molecule has 0 bridgehead atoms. The van der Waals surface area contributed by atoms with Crippen molar-refractivity contribution in [2.45, 2.75) is 63.8 Å². The van der Waals surface area contributed by atoms with Gasteiger partial charge in [-0.15, -0.1) is 0 Å². The number of rotatable bonds is 5. The fourth-order valence-electron chi connectivity index (χ4n) is 3.49. The van der Waals surface area contributed by atoms with Crippen LogP contribution in [0.25, 0.3) is 0 Å². The van der Waals surface area contributed by atoms with Crippen LogP contribution in [0.5, 0.6) is 0 Å². The van der Waals surface area contributed by atoms with Crippen LogP contribution < -0.4 is 5.32 Å². The first kappa shape index (κ1) is 16.8. The monoisotopic (exact) mass is 310 g/mol. The lowest BCUT2D eigenvalue weighted by Gasteiger charge is -2.33. The van der Waals surface area contributed by atoms with Gasteiger partial charge in [0.05, 0.1) is 6.54 Å². The molecular weight excluding hydrogens is 284 g/mol. The van der Waals surface area contributed by atoms with Gasteiger partial charge in [-0.25, -0.2) is 4.79 Å². The lowest BCUT2D eigenvalue weighted by Crippen LogP contribution is -2.51. The van der Waals surface area contributed by atoms with Crippen molar-refractivity contribution in [1.82, 2.24) is 10.2 Å². The largest absolute Gasteiger partial charge is 0.480 e. The lowest BCUT2D eigenvalue weighted by atomic mass is 9.87. The molecule has 0 spiro atoms. The predicted octanol–water partition coefficient (Wildman–Crippen LogP) is 1.54. The summed E-state index contributed by atoms with van der Waals surface area (Å²) in [4.78, 5) is 36.7. The molecule has 22 heavy (non-hydrogen) atoms. The highest BCUT2D eigenvalue weighted by molar-refractivity contribution is 5.88. The highest BCUT2D eigenvalue weighted by Crippen LogP contribution is 2.26. The number of carbonyl (C=O) groups excluding carboxylic acids is 2. The Morgan fingerprint density at radius 1 is 1.00 bits per heavy atom. The Bertz CT molecular complexity index is 418. The van der Waals surface area contributed by atoms with Crippen LogP contribution in [0.2, 0.25) is 0 Å². The zero-order valence-electron chi connectivity index (χ0n) is 13.1. The molecule has 0 aromatic carbocycles. The van der Waals surface area contributed by atoms with Crippen molar-refractivity contribution >= 4 is 17.8 Å². The summed E-state index contributed by atoms with van der Waals surface area (Å²) >= 11 is 0. The number of aliphatic carboxylic acids is 1. The molecule has 0 radical (unpaired) electrons. The molecule has 1 aliphatic carbocycles. The number of likely N-dealkylation sites (tertiary alicyclic amines) is 1. The van der Waals surface area contributed by atoms with Gasteiger partial charge in [-0.2, -0.15) is 0 Å². The highest BCUT2D eigenvalue weighted by atomic mass is 16.4. The number of hydrogen-bond acceptors (Lipinski definition) is 3. The molecular formula is C16H26N2O4. The first-order valence-electron chi connectivity index (χ1n) is 8.37. The van der Waals surface area contributed by atoms with Gasteiger partial charge in [0.1, 0.15) is 6.04 Å². The molecule has 1 aliphatic heterocycles. The summed E-state index contributed by atoms with van der Waals surface area (Å²) in [5.41, 5.74) is 0. The molecule has 1 heterocycles. The van der Waals surface area contributed by atoms with E-state index in [-0.39, 0.29) is 18.4 Å². The second-order valence-corrected chi connectivity index (χ2v) is 6.42. The molecule has 2 N–H and O–H groups in total. The average Bonchev–Trinajstić information content (AvgIpc) is 2.53. The molecule has 1 saturated heterocycles. The first-order chi connectivity index (χ1) is 10.6. The van der Waals surface area contributed by atoms with E-state index in [0.29, 0.717) is 25.3 Å². The fourth-order valence-corrected chi connectivity index (χ4v) is 3.49. The van der Waals surface area contributed by atoms with Gasteiger partial charge < -0.3 is 15.3 Å². The third-order valence-corrected chi connectivity index (χ3v) is 4.74. The maximum Gasteiger partial charge on any atom is 0.326 e. The molecule has 0 unspecified atom stereocenters. The summed E-state index contributed by atoms with van der Waals surface area (Å²) in [7, 11) is 0. The van der Waals surface area contributed by atoms with Gasteiger partial charge in [0, 0.05) is 13.0 Å². The minimum Gasteiger partial charge on any atom is -0.480 e.